The third-order valence-corrected chi connectivity index (χ3v) is 6.55. The molecule has 2 heterocycles. The number of primary amides is 1. The molecule has 0 bridgehead atoms. The minimum Gasteiger partial charge on any atom is -0.410 e. The largest absolute Gasteiger partial charge is 0.415 e. The van der Waals surface area contributed by atoms with Crippen LogP contribution in [0.1, 0.15) is 42.5 Å². The smallest absolute Gasteiger partial charge is 0.410 e. The summed E-state index contributed by atoms with van der Waals surface area (Å²) in [5.41, 5.74) is 5.68. The van der Waals surface area contributed by atoms with Gasteiger partial charge < -0.3 is 20.7 Å². The van der Waals surface area contributed by atoms with E-state index in [2.05, 4.69) is 10.2 Å². The van der Waals surface area contributed by atoms with Crippen molar-refractivity contribution in [1.82, 2.24) is 15.1 Å². The van der Waals surface area contributed by atoms with Crippen molar-refractivity contribution >= 4 is 12.0 Å². The number of ether oxygens (including phenoxy) is 1. The van der Waals surface area contributed by atoms with E-state index in [1.165, 1.54) is 19.3 Å². The predicted octanol–water partition coefficient (Wildman–Crippen LogP) is 1.82. The van der Waals surface area contributed by atoms with Gasteiger partial charge in [0.1, 0.15) is 5.75 Å². The molecule has 7 heteroatoms. The molecule has 1 saturated carbocycles. The molecule has 2 aliphatic heterocycles. The molecule has 1 aromatic carbocycles. The lowest BCUT2D eigenvalue weighted by molar-refractivity contribution is 0.00478. The van der Waals surface area contributed by atoms with Gasteiger partial charge in [-0.1, -0.05) is 6.42 Å². The molecule has 1 aromatic rings. The number of rotatable bonds is 4. The van der Waals surface area contributed by atoms with E-state index in [0.717, 1.165) is 39.0 Å². The Kier molecular flexibility index (Phi) is 5.82. The highest BCUT2D eigenvalue weighted by molar-refractivity contribution is 5.92. The number of hydrogen-bond acceptors (Lipinski definition) is 5. The summed E-state index contributed by atoms with van der Waals surface area (Å²) in [4.78, 5) is 28.7. The van der Waals surface area contributed by atoms with Gasteiger partial charge in [-0.15, -0.1) is 0 Å². The van der Waals surface area contributed by atoms with Crippen molar-refractivity contribution in [3.05, 3.63) is 29.8 Å². The molecule has 28 heavy (non-hydrogen) atoms. The summed E-state index contributed by atoms with van der Waals surface area (Å²) in [7, 11) is 0. The van der Waals surface area contributed by atoms with Crippen molar-refractivity contribution in [2.75, 3.05) is 32.7 Å². The first-order chi connectivity index (χ1) is 13.6. The summed E-state index contributed by atoms with van der Waals surface area (Å²) in [5.74, 6) is 0.463. The highest BCUT2D eigenvalue weighted by Gasteiger charge is 2.39. The molecule has 2 saturated heterocycles. The number of hydrogen-bond donors (Lipinski definition) is 2. The Labute approximate surface area is 166 Å². The highest BCUT2D eigenvalue weighted by Crippen LogP contribution is 2.31. The molecule has 1 aliphatic carbocycles. The van der Waals surface area contributed by atoms with Crippen LogP contribution < -0.4 is 15.8 Å². The normalized spacial score (nSPS) is 24.6. The lowest BCUT2D eigenvalue weighted by Gasteiger charge is -2.49. The minimum atomic E-state index is -0.490. The monoisotopic (exact) mass is 386 g/mol. The summed E-state index contributed by atoms with van der Waals surface area (Å²) < 4.78 is 5.65. The van der Waals surface area contributed by atoms with Gasteiger partial charge in [0.05, 0.1) is 6.04 Å². The average Bonchev–Trinajstić information content (AvgIpc) is 2.67. The van der Waals surface area contributed by atoms with Crippen molar-refractivity contribution in [3.63, 3.8) is 0 Å². The van der Waals surface area contributed by atoms with E-state index in [0.29, 0.717) is 29.8 Å². The molecule has 0 spiro atoms. The van der Waals surface area contributed by atoms with Crippen LogP contribution in [-0.4, -0.2) is 66.6 Å². The zero-order chi connectivity index (χ0) is 19.5. The van der Waals surface area contributed by atoms with E-state index in [1.807, 2.05) is 4.90 Å². The van der Waals surface area contributed by atoms with Crippen molar-refractivity contribution in [3.8, 4) is 5.75 Å². The van der Waals surface area contributed by atoms with Crippen LogP contribution in [0.2, 0.25) is 0 Å². The Morgan fingerprint density at radius 1 is 1.04 bits per heavy atom. The van der Waals surface area contributed by atoms with Crippen LogP contribution in [0, 0.1) is 5.92 Å². The molecule has 152 valence electrons. The van der Waals surface area contributed by atoms with Crippen LogP contribution in [0.25, 0.3) is 0 Å². The van der Waals surface area contributed by atoms with E-state index < -0.39 is 5.91 Å². The van der Waals surface area contributed by atoms with Crippen molar-refractivity contribution < 1.29 is 14.3 Å². The van der Waals surface area contributed by atoms with E-state index in [9.17, 15) is 9.59 Å². The number of benzene rings is 1. The molecular formula is C21H30N4O3. The third-order valence-electron chi connectivity index (χ3n) is 6.55. The number of amides is 2. The van der Waals surface area contributed by atoms with Gasteiger partial charge in [-0.3, -0.25) is 9.69 Å². The zero-order valence-corrected chi connectivity index (χ0v) is 16.3. The summed E-state index contributed by atoms with van der Waals surface area (Å²) in [6.07, 6.45) is 5.81. The minimum absolute atomic E-state index is 0.203. The first kappa shape index (κ1) is 19.2. The molecule has 3 N–H and O–H groups in total. The second-order valence-electron chi connectivity index (χ2n) is 8.18. The number of carbonyl (C=O) groups excluding carboxylic acids is 2. The maximum Gasteiger partial charge on any atom is 0.415 e. The third kappa shape index (κ3) is 4.15. The maximum atomic E-state index is 13.0. The van der Waals surface area contributed by atoms with Crippen molar-refractivity contribution in [2.45, 2.75) is 44.2 Å². The van der Waals surface area contributed by atoms with Crippen LogP contribution in [0.4, 0.5) is 4.79 Å². The van der Waals surface area contributed by atoms with Gasteiger partial charge in [0, 0.05) is 31.2 Å². The van der Waals surface area contributed by atoms with Crippen LogP contribution in [0.15, 0.2) is 24.3 Å². The molecule has 1 atom stereocenters. The SMILES string of the molecule is NC(=O)c1ccc(OC(=O)N2CCN(C3CCC3)CC2C2CCNCC2)cc1. The highest BCUT2D eigenvalue weighted by atomic mass is 16.6. The summed E-state index contributed by atoms with van der Waals surface area (Å²) in [6, 6.07) is 7.33. The number of nitrogens with two attached hydrogens (primary N) is 1. The molecule has 0 radical (unpaired) electrons. The molecule has 7 nitrogen and oxygen atoms in total. The lowest BCUT2D eigenvalue weighted by atomic mass is 9.85. The van der Waals surface area contributed by atoms with Crippen LogP contribution in [-0.2, 0) is 0 Å². The molecule has 2 amide bonds. The van der Waals surface area contributed by atoms with Crippen molar-refractivity contribution in [2.24, 2.45) is 11.7 Å². The number of carbonyl (C=O) groups is 2. The van der Waals surface area contributed by atoms with Crippen LogP contribution in [0.5, 0.6) is 5.75 Å². The Balaban J connectivity index is 1.45. The van der Waals surface area contributed by atoms with E-state index in [4.69, 9.17) is 10.5 Å². The quantitative estimate of drug-likeness (QED) is 0.824. The summed E-state index contributed by atoms with van der Waals surface area (Å²) in [5, 5.41) is 3.42. The fraction of sp³-hybridized carbons (Fsp3) is 0.619. The standard InChI is InChI=1S/C21H30N4O3/c22-20(26)16-4-6-18(7-5-16)28-21(27)25-13-12-24(17-2-1-3-17)14-19(25)15-8-10-23-11-9-15/h4-7,15,17,19,23H,1-3,8-14H2,(H2,22,26). The van der Waals surface area contributed by atoms with Crippen LogP contribution >= 0.6 is 0 Å². The molecule has 1 unspecified atom stereocenters. The van der Waals surface area contributed by atoms with E-state index in [-0.39, 0.29) is 12.1 Å². The van der Waals surface area contributed by atoms with E-state index in [1.54, 1.807) is 24.3 Å². The van der Waals surface area contributed by atoms with Gasteiger partial charge in [0.15, 0.2) is 0 Å². The van der Waals surface area contributed by atoms with Gasteiger partial charge >= 0.3 is 6.09 Å². The Hall–Kier alpha value is -2.12. The summed E-state index contributed by atoms with van der Waals surface area (Å²) in [6.45, 7) is 4.61. The fourth-order valence-corrected chi connectivity index (χ4v) is 4.62. The lowest BCUT2D eigenvalue weighted by Crippen LogP contribution is -2.62. The first-order valence-electron chi connectivity index (χ1n) is 10.4. The zero-order valence-electron chi connectivity index (χ0n) is 16.3. The Morgan fingerprint density at radius 2 is 1.75 bits per heavy atom. The number of piperazine rings is 1. The van der Waals surface area contributed by atoms with Crippen molar-refractivity contribution in [1.29, 1.82) is 0 Å². The van der Waals surface area contributed by atoms with Gasteiger partial charge in [-0.2, -0.15) is 0 Å². The van der Waals surface area contributed by atoms with E-state index >= 15 is 0 Å². The maximum absolute atomic E-state index is 13.0. The van der Waals surface area contributed by atoms with Gasteiger partial charge in [-0.05, 0) is 69.0 Å². The second-order valence-corrected chi connectivity index (χ2v) is 8.18. The number of piperidine rings is 1. The van der Waals surface area contributed by atoms with Gasteiger partial charge in [0.25, 0.3) is 0 Å². The summed E-state index contributed by atoms with van der Waals surface area (Å²) >= 11 is 0. The van der Waals surface area contributed by atoms with Gasteiger partial charge in [0.2, 0.25) is 5.91 Å². The predicted molar refractivity (Wildman–Crippen MR) is 106 cm³/mol. The molecular weight excluding hydrogens is 356 g/mol. The first-order valence-corrected chi connectivity index (χ1v) is 10.4. The molecule has 3 aliphatic rings. The topological polar surface area (TPSA) is 87.9 Å². The Morgan fingerprint density at radius 3 is 2.36 bits per heavy atom. The van der Waals surface area contributed by atoms with Crippen LogP contribution in [0.3, 0.4) is 0 Å². The van der Waals surface area contributed by atoms with Gasteiger partial charge in [-0.25, -0.2) is 4.79 Å². The average molecular weight is 386 g/mol. The number of nitrogens with zero attached hydrogens (tertiary/aromatic N) is 2. The Bertz CT molecular complexity index is 698. The molecule has 4 rings (SSSR count). The fourth-order valence-electron chi connectivity index (χ4n) is 4.62. The number of nitrogens with one attached hydrogen (secondary N) is 1. The molecule has 3 fully saturated rings. The molecule has 0 aromatic heterocycles. The second kappa shape index (κ2) is 8.49.